The number of carboxylic acids is 1. The number of carbonyl (C=O) groups is 1. The number of nitrogens with zero attached hydrogens (tertiary/aromatic N) is 1. The molecule has 0 aliphatic carbocycles. The maximum atomic E-state index is 10.5. The van der Waals surface area contributed by atoms with Crippen LogP contribution in [-0.4, -0.2) is 54.9 Å². The first-order valence-corrected chi connectivity index (χ1v) is 7.11. The summed E-state index contributed by atoms with van der Waals surface area (Å²) in [6.45, 7) is 6.20. The first-order valence-electron chi connectivity index (χ1n) is 7.11. The Morgan fingerprint density at radius 2 is 2.43 bits per heavy atom. The molecule has 0 amide bonds. The number of hydrogen-bond donors (Lipinski definition) is 1. The molecule has 1 saturated heterocycles. The van der Waals surface area contributed by atoms with Crippen molar-refractivity contribution in [3.8, 4) is 5.75 Å². The highest BCUT2D eigenvalue weighted by Crippen LogP contribution is 2.14. The van der Waals surface area contributed by atoms with Gasteiger partial charge in [0.25, 0.3) is 0 Å². The summed E-state index contributed by atoms with van der Waals surface area (Å²) in [4.78, 5) is 12.8. The summed E-state index contributed by atoms with van der Waals surface area (Å²) >= 11 is 0. The van der Waals surface area contributed by atoms with Crippen LogP contribution in [0.2, 0.25) is 0 Å². The van der Waals surface area contributed by atoms with Crippen LogP contribution in [0, 0.1) is 0 Å². The van der Waals surface area contributed by atoms with Gasteiger partial charge in [-0.05, 0) is 30.7 Å². The fourth-order valence-electron chi connectivity index (χ4n) is 2.26. The molecule has 0 saturated carbocycles. The van der Waals surface area contributed by atoms with Gasteiger partial charge in [0.2, 0.25) is 0 Å². The molecule has 0 aromatic heterocycles. The van der Waals surface area contributed by atoms with Gasteiger partial charge in [-0.2, -0.15) is 0 Å². The first-order chi connectivity index (χ1) is 10.1. The van der Waals surface area contributed by atoms with Gasteiger partial charge in [0, 0.05) is 25.7 Å². The molecular weight excluding hydrogens is 270 g/mol. The molecule has 1 heterocycles. The molecule has 114 valence electrons. The molecule has 0 spiro atoms. The SMILES string of the molecule is CC1CN(CCOc2cccc(C=CC(=O)O)c2)CCO1. The van der Waals surface area contributed by atoms with Crippen LogP contribution in [0.4, 0.5) is 0 Å². The Labute approximate surface area is 124 Å². The predicted molar refractivity (Wildman–Crippen MR) is 80.5 cm³/mol. The summed E-state index contributed by atoms with van der Waals surface area (Å²) in [6.07, 6.45) is 2.95. The van der Waals surface area contributed by atoms with Gasteiger partial charge in [-0.3, -0.25) is 4.90 Å². The number of hydrogen-bond acceptors (Lipinski definition) is 4. The van der Waals surface area contributed by atoms with Crippen molar-refractivity contribution in [2.45, 2.75) is 13.0 Å². The highest BCUT2D eigenvalue weighted by atomic mass is 16.5. The Bertz CT molecular complexity index is 501. The third-order valence-electron chi connectivity index (χ3n) is 3.28. The third kappa shape index (κ3) is 5.57. The fraction of sp³-hybridized carbons (Fsp3) is 0.438. The van der Waals surface area contributed by atoms with Crippen LogP contribution in [0.1, 0.15) is 12.5 Å². The number of aliphatic carboxylic acids is 1. The molecule has 1 atom stereocenters. The normalized spacial score (nSPS) is 19.8. The van der Waals surface area contributed by atoms with Gasteiger partial charge in [-0.15, -0.1) is 0 Å². The number of rotatable bonds is 6. The molecule has 0 bridgehead atoms. The lowest BCUT2D eigenvalue weighted by Crippen LogP contribution is -2.42. The van der Waals surface area contributed by atoms with Crippen molar-refractivity contribution in [1.82, 2.24) is 4.90 Å². The van der Waals surface area contributed by atoms with E-state index in [1.807, 2.05) is 24.3 Å². The maximum Gasteiger partial charge on any atom is 0.328 e. The van der Waals surface area contributed by atoms with E-state index in [2.05, 4.69) is 11.8 Å². The van der Waals surface area contributed by atoms with Crippen molar-refractivity contribution >= 4 is 12.0 Å². The molecule has 5 heteroatoms. The molecule has 5 nitrogen and oxygen atoms in total. The van der Waals surface area contributed by atoms with E-state index in [-0.39, 0.29) is 6.10 Å². The summed E-state index contributed by atoms with van der Waals surface area (Å²) < 4.78 is 11.2. The predicted octanol–water partition coefficient (Wildman–Crippen LogP) is 1.88. The summed E-state index contributed by atoms with van der Waals surface area (Å²) in [5.41, 5.74) is 0.815. The molecule has 1 aromatic rings. The number of benzene rings is 1. The van der Waals surface area contributed by atoms with Crippen molar-refractivity contribution in [2.24, 2.45) is 0 Å². The van der Waals surface area contributed by atoms with E-state index in [1.165, 1.54) is 0 Å². The summed E-state index contributed by atoms with van der Waals surface area (Å²) in [6, 6.07) is 7.41. The minimum atomic E-state index is -0.956. The Kier molecular flexibility index (Phi) is 5.78. The van der Waals surface area contributed by atoms with Crippen molar-refractivity contribution in [2.75, 3.05) is 32.8 Å². The standard InChI is InChI=1S/C16H21NO4/c1-13-12-17(7-9-20-13)8-10-21-15-4-2-3-14(11-15)5-6-16(18)19/h2-6,11,13H,7-10,12H2,1H3,(H,18,19). The lowest BCUT2D eigenvalue weighted by atomic mass is 10.2. The summed E-state index contributed by atoms with van der Waals surface area (Å²) in [7, 11) is 0. The molecular formula is C16H21NO4. The Morgan fingerprint density at radius 1 is 1.57 bits per heavy atom. The average molecular weight is 291 g/mol. The van der Waals surface area contributed by atoms with E-state index in [4.69, 9.17) is 14.6 Å². The van der Waals surface area contributed by atoms with Crippen molar-refractivity contribution in [3.05, 3.63) is 35.9 Å². The highest BCUT2D eigenvalue weighted by molar-refractivity contribution is 5.85. The zero-order valence-corrected chi connectivity index (χ0v) is 12.2. The van der Waals surface area contributed by atoms with Crippen LogP contribution in [-0.2, 0) is 9.53 Å². The van der Waals surface area contributed by atoms with Gasteiger partial charge in [0.1, 0.15) is 12.4 Å². The number of ether oxygens (including phenoxy) is 2. The molecule has 1 fully saturated rings. The lowest BCUT2D eigenvalue weighted by Gasteiger charge is -2.30. The van der Waals surface area contributed by atoms with Crippen LogP contribution < -0.4 is 4.74 Å². The van der Waals surface area contributed by atoms with Gasteiger partial charge in [-0.25, -0.2) is 4.79 Å². The van der Waals surface area contributed by atoms with E-state index in [0.717, 1.165) is 43.6 Å². The number of carboxylic acid groups (broad SMARTS) is 1. The Morgan fingerprint density at radius 3 is 3.19 bits per heavy atom. The molecule has 0 radical (unpaired) electrons. The summed E-state index contributed by atoms with van der Waals surface area (Å²) in [5, 5.41) is 8.62. The fourth-order valence-corrected chi connectivity index (χ4v) is 2.26. The second-order valence-electron chi connectivity index (χ2n) is 5.07. The topological polar surface area (TPSA) is 59.0 Å². The zero-order chi connectivity index (χ0) is 15.1. The average Bonchev–Trinajstić information content (AvgIpc) is 2.46. The van der Waals surface area contributed by atoms with Crippen LogP contribution in [0.15, 0.2) is 30.3 Å². The van der Waals surface area contributed by atoms with Crippen molar-refractivity contribution in [3.63, 3.8) is 0 Å². The van der Waals surface area contributed by atoms with Crippen LogP contribution in [0.3, 0.4) is 0 Å². The second kappa shape index (κ2) is 7.81. The molecule has 2 rings (SSSR count). The maximum absolute atomic E-state index is 10.5. The largest absolute Gasteiger partial charge is 0.492 e. The zero-order valence-electron chi connectivity index (χ0n) is 12.2. The van der Waals surface area contributed by atoms with Crippen molar-refractivity contribution < 1.29 is 19.4 Å². The van der Waals surface area contributed by atoms with E-state index < -0.39 is 5.97 Å². The minimum absolute atomic E-state index is 0.281. The van der Waals surface area contributed by atoms with E-state index in [0.29, 0.717) is 6.61 Å². The van der Waals surface area contributed by atoms with Gasteiger partial charge in [0.15, 0.2) is 0 Å². The minimum Gasteiger partial charge on any atom is -0.492 e. The molecule has 1 unspecified atom stereocenters. The smallest absolute Gasteiger partial charge is 0.328 e. The molecule has 1 aliphatic heterocycles. The van der Waals surface area contributed by atoms with Gasteiger partial charge in [-0.1, -0.05) is 12.1 Å². The highest BCUT2D eigenvalue weighted by Gasteiger charge is 2.15. The second-order valence-corrected chi connectivity index (χ2v) is 5.07. The van der Waals surface area contributed by atoms with E-state index in [9.17, 15) is 4.79 Å². The van der Waals surface area contributed by atoms with Crippen LogP contribution in [0.25, 0.3) is 6.08 Å². The van der Waals surface area contributed by atoms with Gasteiger partial charge >= 0.3 is 5.97 Å². The third-order valence-corrected chi connectivity index (χ3v) is 3.28. The monoisotopic (exact) mass is 291 g/mol. The Hall–Kier alpha value is -1.85. The Balaban J connectivity index is 1.80. The van der Waals surface area contributed by atoms with E-state index >= 15 is 0 Å². The quantitative estimate of drug-likeness (QED) is 0.811. The molecule has 1 aliphatic rings. The van der Waals surface area contributed by atoms with Crippen molar-refractivity contribution in [1.29, 1.82) is 0 Å². The molecule has 1 N–H and O–H groups in total. The lowest BCUT2D eigenvalue weighted by molar-refractivity contribution is -0.131. The molecule has 1 aromatic carbocycles. The molecule has 21 heavy (non-hydrogen) atoms. The summed E-state index contributed by atoms with van der Waals surface area (Å²) in [5.74, 6) is -0.202. The van der Waals surface area contributed by atoms with Crippen LogP contribution >= 0.6 is 0 Å². The first kappa shape index (κ1) is 15.5. The van der Waals surface area contributed by atoms with Crippen LogP contribution in [0.5, 0.6) is 5.75 Å². The van der Waals surface area contributed by atoms with Gasteiger partial charge in [0.05, 0.1) is 12.7 Å². The van der Waals surface area contributed by atoms with E-state index in [1.54, 1.807) is 6.08 Å². The number of morpholine rings is 1. The van der Waals surface area contributed by atoms with Gasteiger partial charge < -0.3 is 14.6 Å².